The SMILES string of the molecule is O=C(Nc1cc(C(F)(F)F)ccc1-n1cncn1)c1n[nH]c(=O)c2ccccc12. The lowest BCUT2D eigenvalue weighted by molar-refractivity contribution is -0.137. The van der Waals surface area contributed by atoms with Crippen LogP contribution in [0.3, 0.4) is 0 Å². The van der Waals surface area contributed by atoms with Crippen molar-refractivity contribution in [2.24, 2.45) is 0 Å². The number of carbonyl (C=O) groups is 1. The fourth-order valence-corrected chi connectivity index (χ4v) is 2.81. The minimum atomic E-state index is -4.61. The number of carbonyl (C=O) groups excluding carboxylic acids is 1. The smallest absolute Gasteiger partial charge is 0.319 e. The molecule has 2 aromatic carbocycles. The molecule has 0 unspecified atom stereocenters. The van der Waals surface area contributed by atoms with Gasteiger partial charge in [0.25, 0.3) is 11.5 Å². The van der Waals surface area contributed by atoms with E-state index in [-0.39, 0.29) is 27.8 Å². The average molecular weight is 400 g/mol. The number of nitrogens with one attached hydrogen (secondary N) is 2. The zero-order valence-electron chi connectivity index (χ0n) is 14.4. The van der Waals surface area contributed by atoms with Crippen LogP contribution in [0.15, 0.2) is 59.9 Å². The van der Waals surface area contributed by atoms with Crippen molar-refractivity contribution in [3.05, 3.63) is 76.7 Å². The van der Waals surface area contributed by atoms with Gasteiger partial charge in [0.05, 0.1) is 22.3 Å². The van der Waals surface area contributed by atoms with Gasteiger partial charge in [0.15, 0.2) is 5.69 Å². The molecule has 0 saturated heterocycles. The van der Waals surface area contributed by atoms with Gasteiger partial charge in [0, 0.05) is 5.39 Å². The first kappa shape index (κ1) is 18.3. The molecule has 4 rings (SSSR count). The molecule has 0 aliphatic carbocycles. The first-order valence-corrected chi connectivity index (χ1v) is 8.19. The number of H-pyrrole nitrogens is 1. The Hall–Kier alpha value is -4.02. The molecule has 0 aliphatic rings. The van der Waals surface area contributed by atoms with Crippen LogP contribution in [0, 0.1) is 0 Å². The number of aromatic nitrogens is 5. The Bertz CT molecular complexity index is 1260. The lowest BCUT2D eigenvalue weighted by Gasteiger charge is -2.14. The zero-order valence-corrected chi connectivity index (χ0v) is 14.4. The highest BCUT2D eigenvalue weighted by atomic mass is 19.4. The summed E-state index contributed by atoms with van der Waals surface area (Å²) in [5.74, 6) is -0.793. The summed E-state index contributed by atoms with van der Waals surface area (Å²) in [6.07, 6.45) is -2.12. The Morgan fingerprint density at radius 3 is 2.55 bits per heavy atom. The maximum Gasteiger partial charge on any atom is 0.416 e. The topological polar surface area (TPSA) is 106 Å². The number of halogens is 3. The summed E-state index contributed by atoms with van der Waals surface area (Å²) < 4.78 is 40.7. The number of amides is 1. The van der Waals surface area contributed by atoms with E-state index >= 15 is 0 Å². The Balaban J connectivity index is 1.80. The number of benzene rings is 2. The van der Waals surface area contributed by atoms with Crippen LogP contribution in [0.2, 0.25) is 0 Å². The maximum atomic E-state index is 13.2. The van der Waals surface area contributed by atoms with E-state index < -0.39 is 23.2 Å². The number of hydrogen-bond acceptors (Lipinski definition) is 5. The summed E-state index contributed by atoms with van der Waals surface area (Å²) in [5, 5.41) is 12.8. The van der Waals surface area contributed by atoms with Crippen molar-refractivity contribution in [1.82, 2.24) is 25.0 Å². The van der Waals surface area contributed by atoms with Gasteiger partial charge in [-0.05, 0) is 24.3 Å². The molecule has 2 aromatic heterocycles. The van der Waals surface area contributed by atoms with Crippen molar-refractivity contribution in [3.63, 3.8) is 0 Å². The lowest BCUT2D eigenvalue weighted by Crippen LogP contribution is -2.20. The molecule has 2 heterocycles. The van der Waals surface area contributed by atoms with Crippen molar-refractivity contribution in [2.75, 3.05) is 5.32 Å². The molecular formula is C18H11F3N6O2. The fourth-order valence-electron chi connectivity index (χ4n) is 2.81. The van der Waals surface area contributed by atoms with Crippen molar-refractivity contribution in [3.8, 4) is 5.69 Å². The predicted octanol–water partition coefficient (Wildman–Crippen LogP) is 2.77. The van der Waals surface area contributed by atoms with Gasteiger partial charge >= 0.3 is 6.18 Å². The van der Waals surface area contributed by atoms with Crippen LogP contribution in [0.5, 0.6) is 0 Å². The first-order valence-electron chi connectivity index (χ1n) is 8.19. The van der Waals surface area contributed by atoms with E-state index in [1.807, 2.05) is 0 Å². The van der Waals surface area contributed by atoms with Crippen molar-refractivity contribution < 1.29 is 18.0 Å². The molecule has 0 atom stereocenters. The number of aromatic amines is 1. The molecular weight excluding hydrogens is 389 g/mol. The molecule has 8 nitrogen and oxygen atoms in total. The predicted molar refractivity (Wildman–Crippen MR) is 96.7 cm³/mol. The molecule has 2 N–H and O–H groups in total. The van der Waals surface area contributed by atoms with Crippen molar-refractivity contribution in [1.29, 1.82) is 0 Å². The second kappa shape index (κ2) is 6.86. The van der Waals surface area contributed by atoms with Gasteiger partial charge in [-0.3, -0.25) is 9.59 Å². The molecule has 4 aromatic rings. The third-order valence-corrected chi connectivity index (χ3v) is 4.15. The molecule has 11 heteroatoms. The minimum absolute atomic E-state index is 0.137. The van der Waals surface area contributed by atoms with Gasteiger partial charge in [-0.25, -0.2) is 14.8 Å². The van der Waals surface area contributed by atoms with Crippen LogP contribution in [0.1, 0.15) is 16.1 Å². The van der Waals surface area contributed by atoms with Crippen LogP contribution >= 0.6 is 0 Å². The van der Waals surface area contributed by atoms with E-state index in [1.165, 1.54) is 35.5 Å². The number of rotatable bonds is 3. The van der Waals surface area contributed by atoms with Crippen LogP contribution in [0.25, 0.3) is 16.5 Å². The van der Waals surface area contributed by atoms with Gasteiger partial charge < -0.3 is 5.32 Å². The Kier molecular flexibility index (Phi) is 4.34. The number of hydrogen-bond donors (Lipinski definition) is 2. The van der Waals surface area contributed by atoms with E-state index in [1.54, 1.807) is 12.1 Å². The normalized spacial score (nSPS) is 11.6. The monoisotopic (exact) mass is 400 g/mol. The van der Waals surface area contributed by atoms with E-state index in [4.69, 9.17) is 0 Å². The van der Waals surface area contributed by atoms with E-state index in [0.29, 0.717) is 0 Å². The van der Waals surface area contributed by atoms with Gasteiger partial charge in [-0.2, -0.15) is 23.4 Å². The van der Waals surface area contributed by atoms with Crippen LogP contribution in [-0.4, -0.2) is 30.9 Å². The third kappa shape index (κ3) is 3.45. The summed E-state index contributed by atoms with van der Waals surface area (Å²) in [6, 6.07) is 9.11. The van der Waals surface area contributed by atoms with E-state index in [0.717, 1.165) is 12.1 Å². The van der Waals surface area contributed by atoms with Gasteiger partial charge in [-0.15, -0.1) is 0 Å². The number of anilines is 1. The molecule has 0 saturated carbocycles. The number of nitrogens with zero attached hydrogens (tertiary/aromatic N) is 4. The summed E-state index contributed by atoms with van der Waals surface area (Å²) in [7, 11) is 0. The highest BCUT2D eigenvalue weighted by Gasteiger charge is 2.31. The lowest BCUT2D eigenvalue weighted by atomic mass is 10.1. The maximum absolute atomic E-state index is 13.2. The Morgan fingerprint density at radius 2 is 1.86 bits per heavy atom. The third-order valence-electron chi connectivity index (χ3n) is 4.15. The van der Waals surface area contributed by atoms with Crippen LogP contribution in [0.4, 0.5) is 18.9 Å². The standard InChI is InChI=1S/C18H11F3N6O2/c19-18(20,21)10-5-6-14(27-9-22-8-23-27)13(7-10)24-17(29)15-11-3-1-2-4-12(11)16(28)26-25-15/h1-9H,(H,24,29)(H,26,28). The zero-order chi connectivity index (χ0) is 20.6. The quantitative estimate of drug-likeness (QED) is 0.550. The first-order chi connectivity index (χ1) is 13.8. The molecule has 146 valence electrons. The van der Waals surface area contributed by atoms with E-state index in [9.17, 15) is 22.8 Å². The summed E-state index contributed by atoms with van der Waals surface area (Å²) in [6.45, 7) is 0. The van der Waals surface area contributed by atoms with Gasteiger partial charge in [-0.1, -0.05) is 18.2 Å². The summed E-state index contributed by atoms with van der Waals surface area (Å²) >= 11 is 0. The van der Waals surface area contributed by atoms with Gasteiger partial charge in [0.2, 0.25) is 0 Å². The molecule has 1 amide bonds. The molecule has 0 aliphatic heterocycles. The second-order valence-electron chi connectivity index (χ2n) is 5.97. The number of alkyl halides is 3. The average Bonchev–Trinajstić information content (AvgIpc) is 3.22. The van der Waals surface area contributed by atoms with Gasteiger partial charge in [0.1, 0.15) is 12.7 Å². The second-order valence-corrected chi connectivity index (χ2v) is 5.97. The van der Waals surface area contributed by atoms with Crippen LogP contribution < -0.4 is 10.9 Å². The molecule has 0 fully saturated rings. The molecule has 0 radical (unpaired) electrons. The minimum Gasteiger partial charge on any atom is -0.319 e. The largest absolute Gasteiger partial charge is 0.416 e. The number of fused-ring (bicyclic) bond motifs is 1. The summed E-state index contributed by atoms with van der Waals surface area (Å²) in [4.78, 5) is 28.4. The Morgan fingerprint density at radius 1 is 1.10 bits per heavy atom. The van der Waals surface area contributed by atoms with E-state index in [2.05, 4.69) is 25.6 Å². The van der Waals surface area contributed by atoms with Crippen molar-refractivity contribution >= 4 is 22.4 Å². The van der Waals surface area contributed by atoms with Crippen molar-refractivity contribution in [2.45, 2.75) is 6.18 Å². The molecule has 0 spiro atoms. The highest BCUT2D eigenvalue weighted by Crippen LogP contribution is 2.33. The summed E-state index contributed by atoms with van der Waals surface area (Å²) in [5.41, 5.74) is -1.54. The fraction of sp³-hybridized carbons (Fsp3) is 0.0556. The highest BCUT2D eigenvalue weighted by molar-refractivity contribution is 6.11. The molecule has 0 bridgehead atoms. The molecule has 29 heavy (non-hydrogen) atoms. The Labute approximate surface area is 160 Å². The van der Waals surface area contributed by atoms with Crippen LogP contribution in [-0.2, 0) is 6.18 Å².